The minimum atomic E-state index is -0.248. The van der Waals surface area contributed by atoms with Gasteiger partial charge in [0.25, 0.3) is 0 Å². The van der Waals surface area contributed by atoms with E-state index in [2.05, 4.69) is 4.74 Å². The monoisotopic (exact) mass is 126 g/mol. The third-order valence-corrected chi connectivity index (χ3v) is 1.33. The van der Waals surface area contributed by atoms with Gasteiger partial charge in [-0.05, 0) is 18.8 Å². The van der Waals surface area contributed by atoms with Crippen LogP contribution in [0.4, 0.5) is 0 Å². The largest absolute Gasteiger partial charge is 0.466 e. The first-order valence-corrected chi connectivity index (χ1v) is 3.09. The average Bonchev–Trinajstić information content (AvgIpc) is 2.65. The van der Waals surface area contributed by atoms with E-state index < -0.39 is 0 Å². The molecule has 0 heterocycles. The second-order valence-corrected chi connectivity index (χ2v) is 2.22. The van der Waals surface area contributed by atoms with Crippen LogP contribution in [0.25, 0.3) is 0 Å². The lowest BCUT2D eigenvalue weighted by atomic mass is 10.4. The Balaban J connectivity index is 2.20. The number of carbonyl (C=O) groups is 1. The van der Waals surface area contributed by atoms with Gasteiger partial charge in [-0.25, -0.2) is 4.79 Å². The SMILES string of the molecule is COC(=O)/C=C\C1CC1. The summed E-state index contributed by atoms with van der Waals surface area (Å²) in [5.74, 6) is 0.408. The van der Waals surface area contributed by atoms with Gasteiger partial charge in [-0.2, -0.15) is 0 Å². The van der Waals surface area contributed by atoms with Crippen molar-refractivity contribution in [2.24, 2.45) is 5.92 Å². The first-order chi connectivity index (χ1) is 4.33. The van der Waals surface area contributed by atoms with Gasteiger partial charge in [0.1, 0.15) is 0 Å². The Morgan fingerprint density at radius 2 is 2.33 bits per heavy atom. The van der Waals surface area contributed by atoms with Crippen LogP contribution in [0.1, 0.15) is 12.8 Å². The highest BCUT2D eigenvalue weighted by Gasteiger charge is 2.17. The predicted octanol–water partition coefficient (Wildman–Crippen LogP) is 1.13. The lowest BCUT2D eigenvalue weighted by Gasteiger charge is -1.86. The summed E-state index contributed by atoms with van der Waals surface area (Å²) in [6, 6.07) is 0. The lowest BCUT2D eigenvalue weighted by molar-refractivity contribution is -0.134. The fourth-order valence-corrected chi connectivity index (χ4v) is 0.571. The van der Waals surface area contributed by atoms with Gasteiger partial charge in [0.05, 0.1) is 7.11 Å². The molecule has 0 saturated heterocycles. The minimum Gasteiger partial charge on any atom is -0.466 e. The molecular formula is C7H10O2. The molecule has 0 aliphatic heterocycles. The van der Waals surface area contributed by atoms with Gasteiger partial charge < -0.3 is 4.74 Å². The van der Waals surface area contributed by atoms with Crippen LogP contribution in [-0.2, 0) is 9.53 Å². The number of hydrogen-bond donors (Lipinski definition) is 0. The molecule has 0 amide bonds. The van der Waals surface area contributed by atoms with Crippen LogP contribution in [0, 0.1) is 5.92 Å². The molecule has 0 bridgehead atoms. The average molecular weight is 126 g/mol. The van der Waals surface area contributed by atoms with Crippen LogP contribution in [0.5, 0.6) is 0 Å². The van der Waals surface area contributed by atoms with E-state index in [1.165, 1.54) is 26.0 Å². The van der Waals surface area contributed by atoms with Crippen LogP contribution in [0.3, 0.4) is 0 Å². The third-order valence-electron chi connectivity index (χ3n) is 1.33. The molecule has 2 heteroatoms. The van der Waals surface area contributed by atoms with Crippen molar-refractivity contribution in [3.63, 3.8) is 0 Å². The van der Waals surface area contributed by atoms with E-state index in [0.29, 0.717) is 5.92 Å². The van der Waals surface area contributed by atoms with E-state index >= 15 is 0 Å². The Kier molecular flexibility index (Phi) is 1.88. The predicted molar refractivity (Wildman–Crippen MR) is 33.9 cm³/mol. The van der Waals surface area contributed by atoms with Crippen LogP contribution in [-0.4, -0.2) is 13.1 Å². The first-order valence-electron chi connectivity index (χ1n) is 3.09. The lowest BCUT2D eigenvalue weighted by Crippen LogP contribution is -1.93. The minimum absolute atomic E-state index is 0.248. The standard InChI is InChI=1S/C7H10O2/c1-9-7(8)5-4-6-2-3-6/h4-6H,2-3H2,1H3/b5-4-. The molecular weight excluding hydrogens is 116 g/mol. The van der Waals surface area contributed by atoms with Crippen molar-refractivity contribution in [1.82, 2.24) is 0 Å². The van der Waals surface area contributed by atoms with E-state index in [9.17, 15) is 4.79 Å². The summed E-state index contributed by atoms with van der Waals surface area (Å²) in [4.78, 5) is 10.4. The molecule has 0 atom stereocenters. The zero-order chi connectivity index (χ0) is 6.69. The topological polar surface area (TPSA) is 26.3 Å². The zero-order valence-corrected chi connectivity index (χ0v) is 5.46. The van der Waals surface area contributed by atoms with Gasteiger partial charge in [0.2, 0.25) is 0 Å². The summed E-state index contributed by atoms with van der Waals surface area (Å²) in [7, 11) is 1.39. The molecule has 0 unspecified atom stereocenters. The molecule has 0 N–H and O–H groups in total. The van der Waals surface area contributed by atoms with Crippen LogP contribution < -0.4 is 0 Å². The summed E-state index contributed by atoms with van der Waals surface area (Å²) in [5, 5.41) is 0. The number of methoxy groups -OCH3 is 1. The molecule has 0 aromatic heterocycles. The number of carbonyl (C=O) groups excluding carboxylic acids is 1. The molecule has 0 aromatic carbocycles. The molecule has 0 aromatic rings. The second-order valence-electron chi connectivity index (χ2n) is 2.22. The van der Waals surface area contributed by atoms with Gasteiger partial charge >= 0.3 is 5.97 Å². The van der Waals surface area contributed by atoms with Gasteiger partial charge in [-0.3, -0.25) is 0 Å². The quantitative estimate of drug-likeness (QED) is 0.409. The Morgan fingerprint density at radius 3 is 2.78 bits per heavy atom. The normalized spacial score (nSPS) is 18.3. The molecule has 1 aliphatic carbocycles. The summed E-state index contributed by atoms with van der Waals surface area (Å²) >= 11 is 0. The zero-order valence-electron chi connectivity index (χ0n) is 5.46. The molecule has 2 nitrogen and oxygen atoms in total. The van der Waals surface area contributed by atoms with E-state index in [1.54, 1.807) is 0 Å². The van der Waals surface area contributed by atoms with Crippen LogP contribution in [0.15, 0.2) is 12.2 Å². The maximum Gasteiger partial charge on any atom is 0.330 e. The van der Waals surface area contributed by atoms with Gasteiger partial charge in [-0.15, -0.1) is 0 Å². The van der Waals surface area contributed by atoms with Crippen molar-refractivity contribution in [1.29, 1.82) is 0 Å². The number of rotatable bonds is 2. The molecule has 9 heavy (non-hydrogen) atoms. The maximum atomic E-state index is 10.4. The van der Waals surface area contributed by atoms with E-state index in [0.717, 1.165) is 0 Å². The molecule has 1 fully saturated rings. The maximum absolute atomic E-state index is 10.4. The van der Waals surface area contributed by atoms with Crippen LogP contribution >= 0.6 is 0 Å². The fraction of sp³-hybridized carbons (Fsp3) is 0.571. The highest BCUT2D eigenvalue weighted by molar-refractivity contribution is 5.81. The Labute approximate surface area is 54.5 Å². The third kappa shape index (κ3) is 2.31. The van der Waals surface area contributed by atoms with Crippen LogP contribution in [0.2, 0.25) is 0 Å². The number of ether oxygens (including phenoxy) is 1. The van der Waals surface area contributed by atoms with Crippen molar-refractivity contribution in [2.75, 3.05) is 7.11 Å². The van der Waals surface area contributed by atoms with Crippen molar-refractivity contribution >= 4 is 5.97 Å². The molecule has 0 radical (unpaired) electrons. The van der Waals surface area contributed by atoms with Crippen molar-refractivity contribution in [3.8, 4) is 0 Å². The van der Waals surface area contributed by atoms with Gasteiger partial charge in [0.15, 0.2) is 0 Å². The van der Waals surface area contributed by atoms with E-state index in [-0.39, 0.29) is 5.97 Å². The molecule has 1 rings (SSSR count). The Bertz CT molecular complexity index is 134. The smallest absolute Gasteiger partial charge is 0.330 e. The molecule has 0 spiro atoms. The number of hydrogen-bond acceptors (Lipinski definition) is 2. The molecule has 1 aliphatic rings. The number of esters is 1. The summed E-state index contributed by atoms with van der Waals surface area (Å²) in [5.41, 5.74) is 0. The van der Waals surface area contributed by atoms with Crippen molar-refractivity contribution in [2.45, 2.75) is 12.8 Å². The highest BCUT2D eigenvalue weighted by Crippen LogP contribution is 2.29. The van der Waals surface area contributed by atoms with Gasteiger partial charge in [0, 0.05) is 6.08 Å². The first kappa shape index (κ1) is 6.33. The van der Waals surface area contributed by atoms with E-state index in [4.69, 9.17) is 0 Å². The summed E-state index contributed by atoms with van der Waals surface area (Å²) in [6.45, 7) is 0. The van der Waals surface area contributed by atoms with Crippen molar-refractivity contribution in [3.05, 3.63) is 12.2 Å². The van der Waals surface area contributed by atoms with Gasteiger partial charge in [-0.1, -0.05) is 6.08 Å². The fourth-order valence-electron chi connectivity index (χ4n) is 0.571. The number of allylic oxidation sites excluding steroid dienone is 1. The second kappa shape index (κ2) is 2.67. The van der Waals surface area contributed by atoms with E-state index in [1.807, 2.05) is 6.08 Å². The van der Waals surface area contributed by atoms with Crippen molar-refractivity contribution < 1.29 is 9.53 Å². The highest BCUT2D eigenvalue weighted by atomic mass is 16.5. The molecule has 1 saturated carbocycles. The Morgan fingerprint density at radius 1 is 1.67 bits per heavy atom. The summed E-state index contributed by atoms with van der Waals surface area (Å²) in [6.07, 6.45) is 5.87. The Hall–Kier alpha value is -0.790. The summed E-state index contributed by atoms with van der Waals surface area (Å²) < 4.78 is 4.40. The molecule has 50 valence electrons.